The topological polar surface area (TPSA) is 91.7 Å². The van der Waals surface area contributed by atoms with Crippen molar-refractivity contribution in [1.29, 1.82) is 0 Å². The number of aromatic nitrogens is 2. The molecule has 0 spiro atoms. The summed E-state index contributed by atoms with van der Waals surface area (Å²) in [5.41, 5.74) is 4.07. The molecule has 5 rings (SSSR count). The monoisotopic (exact) mass is 499 g/mol. The van der Waals surface area contributed by atoms with Crippen LogP contribution in [0.3, 0.4) is 0 Å². The Morgan fingerprint density at radius 2 is 1.86 bits per heavy atom. The summed E-state index contributed by atoms with van der Waals surface area (Å²) in [5.74, 6) is 0.557. The molecule has 0 aliphatic carbocycles. The van der Waals surface area contributed by atoms with E-state index in [1.807, 2.05) is 71.8 Å². The zero-order valence-corrected chi connectivity index (χ0v) is 20.6. The van der Waals surface area contributed by atoms with Crippen molar-refractivity contribution >= 4 is 34.6 Å². The van der Waals surface area contributed by atoms with Gasteiger partial charge < -0.3 is 29.9 Å². The number of phenolic OH excluding ortho intramolecular Hbond substituents is 1. The lowest BCUT2D eigenvalue weighted by molar-refractivity contribution is -0.114. The van der Waals surface area contributed by atoms with Crippen molar-refractivity contribution in [2.24, 2.45) is 0 Å². The number of methoxy groups -OCH3 is 1. The van der Waals surface area contributed by atoms with Crippen molar-refractivity contribution in [2.75, 3.05) is 17.3 Å². The largest absolute Gasteiger partial charge is 0.508 e. The third-order valence-corrected chi connectivity index (χ3v) is 6.40. The molecule has 2 atom stereocenters. The van der Waals surface area contributed by atoms with E-state index in [2.05, 4.69) is 20.2 Å². The van der Waals surface area contributed by atoms with Crippen molar-refractivity contribution in [1.82, 2.24) is 14.9 Å². The molecule has 0 saturated carbocycles. The van der Waals surface area contributed by atoms with E-state index < -0.39 is 0 Å². The van der Waals surface area contributed by atoms with Gasteiger partial charge in [0.2, 0.25) is 5.91 Å². The molecule has 9 heteroatoms. The van der Waals surface area contributed by atoms with Crippen LogP contribution >= 0.6 is 12.2 Å². The number of thiocarbonyl (C=S) groups is 1. The number of hydrogen-bond acceptors (Lipinski definition) is 5. The molecule has 0 unspecified atom stereocenters. The van der Waals surface area contributed by atoms with Gasteiger partial charge >= 0.3 is 0 Å². The van der Waals surface area contributed by atoms with Gasteiger partial charge in [0, 0.05) is 36.4 Å². The van der Waals surface area contributed by atoms with E-state index in [0.29, 0.717) is 16.5 Å². The molecule has 0 bridgehead atoms. The summed E-state index contributed by atoms with van der Waals surface area (Å²) in [6.07, 6.45) is 3.74. The van der Waals surface area contributed by atoms with Crippen LogP contribution in [0.1, 0.15) is 30.4 Å². The van der Waals surface area contributed by atoms with Gasteiger partial charge in [0.25, 0.3) is 0 Å². The Balaban J connectivity index is 1.66. The quantitative estimate of drug-likeness (QED) is 0.331. The first-order valence-corrected chi connectivity index (χ1v) is 11.8. The molecule has 1 aliphatic heterocycles. The normalized spacial score (nSPS) is 17.1. The fraction of sp³-hybridized carbons (Fsp3) is 0.148. The Kier molecular flexibility index (Phi) is 6.30. The third kappa shape index (κ3) is 4.36. The lowest BCUT2D eigenvalue weighted by Crippen LogP contribution is -2.30. The van der Waals surface area contributed by atoms with Crippen LogP contribution in [0.5, 0.6) is 11.5 Å². The first-order chi connectivity index (χ1) is 17.5. The minimum Gasteiger partial charge on any atom is -0.508 e. The number of pyridine rings is 1. The van der Waals surface area contributed by atoms with Gasteiger partial charge in [-0.05, 0) is 78.9 Å². The van der Waals surface area contributed by atoms with Crippen molar-refractivity contribution in [3.63, 3.8) is 0 Å². The second kappa shape index (κ2) is 9.71. The molecular weight excluding hydrogens is 474 g/mol. The maximum Gasteiger partial charge on any atom is 0.221 e. The van der Waals surface area contributed by atoms with Crippen molar-refractivity contribution in [3.05, 3.63) is 96.6 Å². The highest BCUT2D eigenvalue weighted by atomic mass is 32.1. The van der Waals surface area contributed by atoms with E-state index >= 15 is 0 Å². The fourth-order valence-electron chi connectivity index (χ4n) is 4.55. The smallest absolute Gasteiger partial charge is 0.221 e. The molecular formula is C27H25N5O3S. The number of amides is 1. The number of aromatic hydroxyl groups is 1. The van der Waals surface area contributed by atoms with Gasteiger partial charge in [-0.2, -0.15) is 0 Å². The number of carbonyl (C=O) groups excluding carboxylic acids is 1. The van der Waals surface area contributed by atoms with E-state index in [1.54, 1.807) is 25.4 Å². The summed E-state index contributed by atoms with van der Waals surface area (Å²) in [5, 5.41) is 16.6. The summed E-state index contributed by atoms with van der Waals surface area (Å²) >= 11 is 5.85. The zero-order chi connectivity index (χ0) is 25.2. The Bertz CT molecular complexity index is 1400. The molecule has 182 valence electrons. The molecule has 3 heterocycles. The summed E-state index contributed by atoms with van der Waals surface area (Å²) < 4.78 is 7.52. The zero-order valence-electron chi connectivity index (χ0n) is 19.8. The van der Waals surface area contributed by atoms with Crippen molar-refractivity contribution in [2.45, 2.75) is 19.0 Å². The van der Waals surface area contributed by atoms with E-state index in [0.717, 1.165) is 22.8 Å². The van der Waals surface area contributed by atoms with Crippen LogP contribution in [0, 0.1) is 0 Å². The van der Waals surface area contributed by atoms with E-state index in [4.69, 9.17) is 17.0 Å². The van der Waals surface area contributed by atoms with Crippen molar-refractivity contribution < 1.29 is 14.6 Å². The summed E-state index contributed by atoms with van der Waals surface area (Å²) in [4.78, 5) is 18.5. The first kappa shape index (κ1) is 23.4. The number of nitrogens with zero attached hydrogens (tertiary/aromatic N) is 3. The SMILES string of the molecule is COc1ccc(N2C(=S)N[C@@H](c3ccccn3)[C@H]2c2cccn2-c2ccc(O)cc2)cc1NC(C)=O. The van der Waals surface area contributed by atoms with Crippen LogP contribution < -0.4 is 20.3 Å². The van der Waals surface area contributed by atoms with Gasteiger partial charge in [-0.3, -0.25) is 9.78 Å². The van der Waals surface area contributed by atoms with Gasteiger partial charge in [0.15, 0.2) is 5.11 Å². The molecule has 1 aliphatic rings. The Morgan fingerprint density at radius 1 is 1.08 bits per heavy atom. The number of carbonyl (C=O) groups is 1. The number of ether oxygens (including phenoxy) is 1. The number of phenols is 1. The molecule has 2 aromatic carbocycles. The van der Waals surface area contributed by atoms with E-state index in [9.17, 15) is 9.90 Å². The Hall–Kier alpha value is -4.37. The molecule has 1 fully saturated rings. The minimum atomic E-state index is -0.269. The molecule has 1 amide bonds. The molecule has 0 radical (unpaired) electrons. The average Bonchev–Trinajstić information content (AvgIpc) is 3.49. The maximum atomic E-state index is 11.8. The Morgan fingerprint density at radius 3 is 2.56 bits per heavy atom. The average molecular weight is 500 g/mol. The van der Waals surface area contributed by atoms with Gasteiger partial charge in [-0.25, -0.2) is 0 Å². The molecule has 36 heavy (non-hydrogen) atoms. The number of rotatable bonds is 6. The van der Waals surface area contributed by atoms with Gasteiger partial charge in [-0.15, -0.1) is 0 Å². The number of anilines is 2. The molecule has 1 saturated heterocycles. The highest BCUT2D eigenvalue weighted by Crippen LogP contribution is 2.43. The lowest BCUT2D eigenvalue weighted by Gasteiger charge is -2.29. The number of hydrogen-bond donors (Lipinski definition) is 3. The van der Waals surface area contributed by atoms with Gasteiger partial charge in [-0.1, -0.05) is 6.07 Å². The predicted molar refractivity (Wildman–Crippen MR) is 143 cm³/mol. The van der Waals surface area contributed by atoms with Crippen LogP contribution in [0.4, 0.5) is 11.4 Å². The summed E-state index contributed by atoms with van der Waals surface area (Å²) in [6.45, 7) is 1.46. The summed E-state index contributed by atoms with van der Waals surface area (Å²) in [7, 11) is 1.56. The van der Waals surface area contributed by atoms with E-state index in [-0.39, 0.29) is 23.7 Å². The van der Waals surface area contributed by atoms with E-state index in [1.165, 1.54) is 6.92 Å². The second-order valence-corrected chi connectivity index (χ2v) is 8.77. The minimum absolute atomic E-state index is 0.198. The van der Waals surface area contributed by atoms with Crippen molar-refractivity contribution in [3.8, 4) is 17.2 Å². The van der Waals surface area contributed by atoms with Crippen LogP contribution in [0.15, 0.2) is 85.2 Å². The highest BCUT2D eigenvalue weighted by molar-refractivity contribution is 7.80. The highest BCUT2D eigenvalue weighted by Gasteiger charge is 2.42. The maximum absolute atomic E-state index is 11.8. The predicted octanol–water partition coefficient (Wildman–Crippen LogP) is 4.72. The molecule has 8 nitrogen and oxygen atoms in total. The fourth-order valence-corrected chi connectivity index (χ4v) is 4.90. The van der Waals surface area contributed by atoms with Crippen LogP contribution in [0.25, 0.3) is 5.69 Å². The standard InChI is InChI=1S/C27H25N5O3S/c1-17(33)29-22-16-19(10-13-24(22)35-2)32-26(25(30-27(32)36)21-6-3-4-14-28-21)23-7-5-15-31(23)18-8-11-20(34)12-9-18/h3-16,25-26,34H,1-2H3,(H,29,33)(H,30,36)/t25-,26+/m0/s1. The Labute approximate surface area is 214 Å². The molecule has 4 aromatic rings. The third-order valence-electron chi connectivity index (χ3n) is 6.08. The first-order valence-electron chi connectivity index (χ1n) is 11.4. The number of benzene rings is 2. The number of nitrogens with one attached hydrogen (secondary N) is 2. The lowest BCUT2D eigenvalue weighted by atomic mass is 10.0. The second-order valence-electron chi connectivity index (χ2n) is 8.38. The molecule has 2 aromatic heterocycles. The summed E-state index contributed by atoms with van der Waals surface area (Å²) in [6, 6.07) is 22.0. The van der Waals surface area contributed by atoms with Crippen LogP contribution in [0.2, 0.25) is 0 Å². The van der Waals surface area contributed by atoms with Gasteiger partial charge in [0.1, 0.15) is 17.5 Å². The van der Waals surface area contributed by atoms with Crippen LogP contribution in [-0.4, -0.2) is 32.8 Å². The van der Waals surface area contributed by atoms with Gasteiger partial charge in [0.05, 0.1) is 24.5 Å². The molecule has 3 N–H and O–H groups in total. The van der Waals surface area contributed by atoms with Crippen LogP contribution in [-0.2, 0) is 4.79 Å².